The molecule has 1 heterocycles. The normalized spacial score (nSPS) is 10.5. The van der Waals surface area contributed by atoms with Gasteiger partial charge in [-0.25, -0.2) is 0 Å². The van der Waals surface area contributed by atoms with E-state index in [1.165, 1.54) is 16.0 Å². The van der Waals surface area contributed by atoms with Crippen molar-refractivity contribution >= 4 is 17.1 Å². The van der Waals surface area contributed by atoms with Crippen LogP contribution in [0.3, 0.4) is 0 Å². The van der Waals surface area contributed by atoms with Gasteiger partial charge in [0.15, 0.2) is 5.78 Å². The molecule has 1 nitrogen and oxygen atoms in total. The molecular formula is C15H16OS. The zero-order valence-electron chi connectivity index (χ0n) is 10.2. The fourth-order valence-corrected chi connectivity index (χ4v) is 2.88. The fraction of sp³-hybridized carbons (Fsp3) is 0.267. The van der Waals surface area contributed by atoms with E-state index >= 15 is 0 Å². The van der Waals surface area contributed by atoms with Crippen LogP contribution in [0.15, 0.2) is 36.4 Å². The third-order valence-corrected chi connectivity index (χ3v) is 3.97. The minimum Gasteiger partial charge on any atom is -0.294 e. The lowest BCUT2D eigenvalue weighted by molar-refractivity contribution is 0.102. The second-order valence-electron chi connectivity index (χ2n) is 4.13. The molecule has 0 bridgehead atoms. The van der Waals surface area contributed by atoms with Gasteiger partial charge in [-0.3, -0.25) is 4.79 Å². The predicted octanol–water partition coefficient (Wildman–Crippen LogP) is 4.57. The maximum atomic E-state index is 11.3. The van der Waals surface area contributed by atoms with Gasteiger partial charge in [-0.2, -0.15) is 0 Å². The number of carbonyl (C=O) groups is 1. The van der Waals surface area contributed by atoms with Crippen LogP contribution < -0.4 is 0 Å². The molecule has 0 saturated carbocycles. The second-order valence-corrected chi connectivity index (χ2v) is 5.21. The first-order valence-electron chi connectivity index (χ1n) is 5.91. The van der Waals surface area contributed by atoms with Crippen LogP contribution in [-0.2, 0) is 6.42 Å². The van der Waals surface area contributed by atoms with E-state index in [1.807, 2.05) is 6.07 Å². The Kier molecular flexibility index (Phi) is 3.75. The number of hydrogen-bond acceptors (Lipinski definition) is 2. The average molecular weight is 244 g/mol. The Balaban J connectivity index is 2.41. The van der Waals surface area contributed by atoms with Crippen molar-refractivity contribution in [2.24, 2.45) is 0 Å². The summed E-state index contributed by atoms with van der Waals surface area (Å²) in [6, 6.07) is 12.4. The van der Waals surface area contributed by atoms with Gasteiger partial charge in [0.25, 0.3) is 0 Å². The molecule has 0 amide bonds. The van der Waals surface area contributed by atoms with E-state index in [4.69, 9.17) is 0 Å². The number of thiophene rings is 1. The standard InChI is InChI=1S/C15H16OS/c1-3-6-12-7-4-5-8-13(12)15-10-9-14(17-15)11(2)16/h4-5,7-10H,3,6H2,1-2H3. The fourth-order valence-electron chi connectivity index (χ4n) is 1.92. The smallest absolute Gasteiger partial charge is 0.169 e. The van der Waals surface area contributed by atoms with Crippen LogP contribution in [-0.4, -0.2) is 5.78 Å². The van der Waals surface area contributed by atoms with Gasteiger partial charge in [0.2, 0.25) is 0 Å². The Morgan fingerprint density at radius 3 is 2.59 bits per heavy atom. The van der Waals surface area contributed by atoms with Crippen LogP contribution in [0.25, 0.3) is 10.4 Å². The second kappa shape index (κ2) is 5.28. The van der Waals surface area contributed by atoms with E-state index in [0.29, 0.717) is 0 Å². The zero-order chi connectivity index (χ0) is 12.3. The summed E-state index contributed by atoms with van der Waals surface area (Å²) in [7, 11) is 0. The van der Waals surface area contributed by atoms with Gasteiger partial charge in [0.05, 0.1) is 4.88 Å². The maximum absolute atomic E-state index is 11.3. The summed E-state index contributed by atoms with van der Waals surface area (Å²) in [5, 5.41) is 0. The molecule has 2 heteroatoms. The molecular weight excluding hydrogens is 228 g/mol. The van der Waals surface area contributed by atoms with E-state index in [2.05, 4.69) is 37.3 Å². The lowest BCUT2D eigenvalue weighted by Gasteiger charge is -2.05. The highest BCUT2D eigenvalue weighted by molar-refractivity contribution is 7.17. The van der Waals surface area contributed by atoms with Gasteiger partial charge in [0.1, 0.15) is 0 Å². The summed E-state index contributed by atoms with van der Waals surface area (Å²) in [5.74, 6) is 0.147. The third-order valence-electron chi connectivity index (χ3n) is 2.76. The molecule has 1 aromatic carbocycles. The topological polar surface area (TPSA) is 17.1 Å². The first-order valence-corrected chi connectivity index (χ1v) is 6.73. The highest BCUT2D eigenvalue weighted by Gasteiger charge is 2.08. The molecule has 17 heavy (non-hydrogen) atoms. The van der Waals surface area contributed by atoms with E-state index in [1.54, 1.807) is 18.3 Å². The Hall–Kier alpha value is -1.41. The maximum Gasteiger partial charge on any atom is 0.169 e. The Morgan fingerprint density at radius 1 is 1.18 bits per heavy atom. The molecule has 0 unspecified atom stereocenters. The lowest BCUT2D eigenvalue weighted by Crippen LogP contribution is -1.87. The van der Waals surface area contributed by atoms with Gasteiger partial charge < -0.3 is 0 Å². The Morgan fingerprint density at radius 2 is 1.94 bits per heavy atom. The van der Waals surface area contributed by atoms with Crippen molar-refractivity contribution in [3.05, 3.63) is 46.8 Å². The minimum absolute atomic E-state index is 0.147. The van der Waals surface area contributed by atoms with E-state index < -0.39 is 0 Å². The van der Waals surface area contributed by atoms with Crippen LogP contribution in [0, 0.1) is 0 Å². The van der Waals surface area contributed by atoms with Crippen LogP contribution >= 0.6 is 11.3 Å². The number of carbonyl (C=O) groups excluding carboxylic acids is 1. The summed E-state index contributed by atoms with van der Waals surface area (Å²) in [4.78, 5) is 13.3. The van der Waals surface area contributed by atoms with E-state index in [-0.39, 0.29) is 5.78 Å². The Labute approximate surface area is 106 Å². The lowest BCUT2D eigenvalue weighted by atomic mass is 10.0. The van der Waals surface area contributed by atoms with Crippen molar-refractivity contribution in [2.75, 3.05) is 0 Å². The highest BCUT2D eigenvalue weighted by Crippen LogP contribution is 2.31. The average Bonchev–Trinajstić information content (AvgIpc) is 2.79. The number of Topliss-reactive ketones (excluding diaryl/α,β-unsaturated/α-hetero) is 1. The van der Waals surface area contributed by atoms with Crippen LogP contribution in [0.1, 0.15) is 35.5 Å². The molecule has 1 aromatic heterocycles. The van der Waals surface area contributed by atoms with Crippen molar-refractivity contribution in [2.45, 2.75) is 26.7 Å². The largest absolute Gasteiger partial charge is 0.294 e. The van der Waals surface area contributed by atoms with Crippen molar-refractivity contribution < 1.29 is 4.79 Å². The molecule has 2 aromatic rings. The van der Waals surface area contributed by atoms with Crippen LogP contribution in [0.2, 0.25) is 0 Å². The van der Waals surface area contributed by atoms with Crippen molar-refractivity contribution in [1.29, 1.82) is 0 Å². The van der Waals surface area contributed by atoms with Crippen LogP contribution in [0.5, 0.6) is 0 Å². The van der Waals surface area contributed by atoms with Gasteiger partial charge in [-0.1, -0.05) is 37.6 Å². The Bertz CT molecular complexity index is 525. The molecule has 0 saturated heterocycles. The molecule has 0 spiro atoms. The molecule has 0 aliphatic carbocycles. The number of aryl methyl sites for hydroxylation is 1. The summed E-state index contributed by atoms with van der Waals surface area (Å²) in [6.07, 6.45) is 2.23. The molecule has 0 fully saturated rings. The predicted molar refractivity (Wildman–Crippen MR) is 73.8 cm³/mol. The summed E-state index contributed by atoms with van der Waals surface area (Å²) >= 11 is 1.58. The van der Waals surface area contributed by atoms with Gasteiger partial charge >= 0.3 is 0 Å². The molecule has 0 radical (unpaired) electrons. The number of rotatable bonds is 4. The quantitative estimate of drug-likeness (QED) is 0.720. The SMILES string of the molecule is CCCc1ccccc1-c1ccc(C(C)=O)s1. The third kappa shape index (κ3) is 2.64. The van der Waals surface area contributed by atoms with Crippen molar-refractivity contribution in [3.8, 4) is 10.4 Å². The molecule has 88 valence electrons. The summed E-state index contributed by atoms with van der Waals surface area (Å²) in [5.41, 5.74) is 2.64. The molecule has 2 rings (SSSR count). The molecule has 0 atom stereocenters. The number of hydrogen-bond donors (Lipinski definition) is 0. The monoisotopic (exact) mass is 244 g/mol. The molecule has 0 N–H and O–H groups in total. The highest BCUT2D eigenvalue weighted by atomic mass is 32.1. The van der Waals surface area contributed by atoms with E-state index in [9.17, 15) is 4.79 Å². The number of ketones is 1. The van der Waals surface area contributed by atoms with Gasteiger partial charge in [-0.05, 0) is 36.6 Å². The zero-order valence-corrected chi connectivity index (χ0v) is 11.0. The summed E-state index contributed by atoms with van der Waals surface area (Å²) in [6.45, 7) is 3.81. The van der Waals surface area contributed by atoms with E-state index in [0.717, 1.165) is 17.7 Å². The minimum atomic E-state index is 0.147. The first kappa shape index (κ1) is 12.1. The van der Waals surface area contributed by atoms with Crippen LogP contribution in [0.4, 0.5) is 0 Å². The van der Waals surface area contributed by atoms with Crippen molar-refractivity contribution in [1.82, 2.24) is 0 Å². The molecule has 0 aliphatic rings. The number of benzene rings is 1. The first-order chi connectivity index (χ1) is 8.22. The summed E-state index contributed by atoms with van der Waals surface area (Å²) < 4.78 is 0. The molecule has 0 aliphatic heterocycles. The van der Waals surface area contributed by atoms with Gasteiger partial charge in [-0.15, -0.1) is 11.3 Å². The van der Waals surface area contributed by atoms with Gasteiger partial charge in [0, 0.05) is 4.88 Å². The van der Waals surface area contributed by atoms with Crippen molar-refractivity contribution in [3.63, 3.8) is 0 Å².